The van der Waals surface area contributed by atoms with Gasteiger partial charge in [0.1, 0.15) is 18.5 Å². The summed E-state index contributed by atoms with van der Waals surface area (Å²) in [5.41, 5.74) is 2.72. The number of carbonyl (C=O) groups is 3. The van der Waals surface area contributed by atoms with Crippen molar-refractivity contribution in [1.82, 2.24) is 10.2 Å². The first kappa shape index (κ1) is 30.6. The van der Waals surface area contributed by atoms with E-state index >= 15 is 0 Å². The van der Waals surface area contributed by atoms with Gasteiger partial charge in [0.25, 0.3) is 0 Å². The largest absolute Gasteiger partial charge is 0.493 e. The molecular weight excluding hydrogens is 615 g/mol. The maximum Gasteiger partial charge on any atom is 0.247 e. The van der Waals surface area contributed by atoms with Crippen LogP contribution in [0, 0.1) is 10.5 Å². The number of benzene rings is 2. The lowest BCUT2D eigenvalue weighted by Gasteiger charge is -2.40. The van der Waals surface area contributed by atoms with Crippen molar-refractivity contribution in [2.75, 3.05) is 20.3 Å². The summed E-state index contributed by atoms with van der Waals surface area (Å²) in [4.78, 5) is 39.3. The van der Waals surface area contributed by atoms with Crippen molar-refractivity contribution in [3.63, 3.8) is 0 Å². The maximum atomic E-state index is 13.4. The van der Waals surface area contributed by atoms with E-state index in [1.54, 1.807) is 17.0 Å². The van der Waals surface area contributed by atoms with Gasteiger partial charge < -0.3 is 29.9 Å². The molecule has 9 nitrogen and oxygen atoms in total. The van der Waals surface area contributed by atoms with Gasteiger partial charge in [0, 0.05) is 37.1 Å². The van der Waals surface area contributed by atoms with Crippen molar-refractivity contribution >= 4 is 40.7 Å². The van der Waals surface area contributed by atoms with Crippen LogP contribution >= 0.6 is 22.6 Å². The number of hydrogen-bond acceptors (Lipinski definition) is 7. The molecule has 10 heteroatoms. The molecule has 0 saturated heterocycles. The van der Waals surface area contributed by atoms with Crippen molar-refractivity contribution in [3.05, 3.63) is 68.3 Å². The Morgan fingerprint density at radius 2 is 1.95 bits per heavy atom. The number of halogens is 1. The number of ether oxygens (including phenoxy) is 2. The number of methoxy groups -OCH3 is 1. The van der Waals surface area contributed by atoms with Crippen LogP contribution in [0.25, 0.3) is 0 Å². The number of aryl methyl sites for hydroxylation is 1. The van der Waals surface area contributed by atoms with E-state index in [1.165, 1.54) is 13.2 Å². The van der Waals surface area contributed by atoms with E-state index in [-0.39, 0.29) is 38.4 Å². The second kappa shape index (κ2) is 14.4. The van der Waals surface area contributed by atoms with Crippen molar-refractivity contribution < 1.29 is 34.1 Å². The summed E-state index contributed by atoms with van der Waals surface area (Å²) in [6.45, 7) is 3.99. The molecule has 0 unspecified atom stereocenters. The summed E-state index contributed by atoms with van der Waals surface area (Å²) in [5.74, 6) is 0.0624. The van der Waals surface area contributed by atoms with Crippen LogP contribution < -0.4 is 14.8 Å². The highest BCUT2D eigenvalue weighted by Crippen LogP contribution is 2.37. The molecule has 0 bridgehead atoms. The lowest BCUT2D eigenvalue weighted by Crippen LogP contribution is -2.54. The average Bonchev–Trinajstić information content (AvgIpc) is 2.93. The minimum atomic E-state index is -1.17. The number of carbonyl (C=O) groups excluding carboxylic acids is 3. The zero-order chi connectivity index (χ0) is 28.5. The number of hydrogen-bond donors (Lipinski definition) is 3. The Kier molecular flexibility index (Phi) is 11.3. The Balaban J connectivity index is 2.03. The lowest BCUT2D eigenvalue weighted by molar-refractivity contribution is -0.139. The first-order valence-electron chi connectivity index (χ1n) is 12.8. The molecule has 0 radical (unpaired) electrons. The minimum Gasteiger partial charge on any atom is -0.493 e. The molecule has 0 heterocycles. The molecule has 1 aliphatic rings. The maximum absolute atomic E-state index is 13.4. The van der Waals surface area contributed by atoms with Crippen molar-refractivity contribution in [3.8, 4) is 11.5 Å². The van der Waals surface area contributed by atoms with Crippen LogP contribution in [-0.4, -0.2) is 71.7 Å². The van der Waals surface area contributed by atoms with Gasteiger partial charge in [0.15, 0.2) is 11.5 Å². The molecule has 0 aliphatic heterocycles. The third-order valence-electron chi connectivity index (χ3n) is 6.51. The fourth-order valence-electron chi connectivity index (χ4n) is 4.48. The highest BCUT2D eigenvalue weighted by molar-refractivity contribution is 14.1. The summed E-state index contributed by atoms with van der Waals surface area (Å²) in [6, 6.07) is 10.2. The number of aldehydes is 1. The number of nitrogens with zero attached hydrogens (tertiary/aromatic N) is 1. The number of amides is 2. The molecule has 3 atom stereocenters. The molecule has 1 aliphatic carbocycles. The van der Waals surface area contributed by atoms with Crippen molar-refractivity contribution in [1.29, 1.82) is 0 Å². The van der Waals surface area contributed by atoms with E-state index in [1.807, 2.05) is 60.7 Å². The van der Waals surface area contributed by atoms with E-state index in [2.05, 4.69) is 5.32 Å². The Bertz CT molecular complexity index is 1200. The number of nitrogens with one attached hydrogen (secondary N) is 1. The Labute approximate surface area is 242 Å². The van der Waals surface area contributed by atoms with Gasteiger partial charge in [-0.25, -0.2) is 0 Å². The molecule has 2 amide bonds. The average molecular weight is 651 g/mol. The van der Waals surface area contributed by atoms with E-state index in [9.17, 15) is 24.6 Å². The smallest absolute Gasteiger partial charge is 0.247 e. The molecule has 0 saturated carbocycles. The molecule has 2 aromatic carbocycles. The van der Waals surface area contributed by atoms with Crippen LogP contribution in [0.1, 0.15) is 47.7 Å². The third kappa shape index (κ3) is 7.80. The van der Waals surface area contributed by atoms with Crippen LogP contribution in [0.5, 0.6) is 11.5 Å². The van der Waals surface area contributed by atoms with E-state index < -0.39 is 24.2 Å². The van der Waals surface area contributed by atoms with Crippen LogP contribution in [-0.2, 0) is 16.1 Å². The fourth-order valence-corrected chi connectivity index (χ4v) is 5.23. The predicted octanol–water partition coefficient (Wildman–Crippen LogP) is 3.17. The first-order valence-corrected chi connectivity index (χ1v) is 13.9. The molecule has 0 aromatic heterocycles. The second-order valence-electron chi connectivity index (χ2n) is 9.43. The lowest BCUT2D eigenvalue weighted by atomic mass is 9.87. The van der Waals surface area contributed by atoms with Crippen molar-refractivity contribution in [2.45, 2.75) is 57.9 Å². The highest BCUT2D eigenvalue weighted by atomic mass is 127. The van der Waals surface area contributed by atoms with Crippen molar-refractivity contribution in [2.24, 2.45) is 0 Å². The zero-order valence-electron chi connectivity index (χ0n) is 22.4. The summed E-state index contributed by atoms with van der Waals surface area (Å²) >= 11 is 2.02. The Hall–Kier alpha value is -2.96. The molecule has 39 heavy (non-hydrogen) atoms. The third-order valence-corrected chi connectivity index (χ3v) is 7.32. The highest BCUT2D eigenvalue weighted by Gasteiger charge is 2.40. The molecule has 3 rings (SSSR count). The number of aliphatic hydroxyl groups excluding tert-OH is 2. The minimum absolute atomic E-state index is 0.0651. The summed E-state index contributed by atoms with van der Waals surface area (Å²) in [5, 5.41) is 23.5. The number of aliphatic hydroxyl groups is 2. The second-order valence-corrected chi connectivity index (χ2v) is 10.6. The number of rotatable bonds is 12. The topological polar surface area (TPSA) is 125 Å². The van der Waals surface area contributed by atoms with Gasteiger partial charge in [0.2, 0.25) is 11.8 Å². The normalized spacial score (nSPS) is 18.6. The summed E-state index contributed by atoms with van der Waals surface area (Å²) in [6.07, 6.45) is 1.10. The summed E-state index contributed by atoms with van der Waals surface area (Å²) in [7, 11) is 1.45. The monoisotopic (exact) mass is 650 g/mol. The van der Waals surface area contributed by atoms with Crippen LogP contribution in [0.15, 0.2) is 48.0 Å². The fraction of sp³-hybridized carbons (Fsp3) is 0.414. The molecule has 3 N–H and O–H groups in total. The quantitative estimate of drug-likeness (QED) is 0.238. The van der Waals surface area contributed by atoms with Gasteiger partial charge in [-0.2, -0.15) is 0 Å². The van der Waals surface area contributed by atoms with E-state index in [4.69, 9.17) is 9.47 Å². The van der Waals surface area contributed by atoms with Gasteiger partial charge in [0.05, 0.1) is 23.3 Å². The molecule has 0 fully saturated rings. The van der Waals surface area contributed by atoms with Gasteiger partial charge >= 0.3 is 0 Å². The molecular formula is C29H35IN2O7. The van der Waals surface area contributed by atoms with E-state index in [0.29, 0.717) is 38.9 Å². The van der Waals surface area contributed by atoms with Crippen LogP contribution in [0.4, 0.5) is 0 Å². The van der Waals surface area contributed by atoms with Crippen LogP contribution in [0.2, 0.25) is 0 Å². The Morgan fingerprint density at radius 1 is 1.23 bits per heavy atom. The molecule has 0 spiro atoms. The van der Waals surface area contributed by atoms with E-state index in [0.717, 1.165) is 11.1 Å². The Morgan fingerprint density at radius 3 is 2.56 bits per heavy atom. The van der Waals surface area contributed by atoms with Gasteiger partial charge in [-0.05, 0) is 59.7 Å². The first-order chi connectivity index (χ1) is 18.7. The molecule has 210 valence electrons. The SMILES string of the molecule is CCCC(=O)N(Cc1ccc(C)cc1)[C@@H]1CC(C(=O)NCCO)=C[C@H](Oc2c(I)cc(C=O)cc2OC)[C@H]1O. The van der Waals surface area contributed by atoms with Gasteiger partial charge in [-0.15, -0.1) is 0 Å². The summed E-state index contributed by atoms with van der Waals surface area (Å²) < 4.78 is 12.3. The van der Waals surface area contributed by atoms with Gasteiger partial charge in [-0.1, -0.05) is 36.8 Å². The molecule has 2 aromatic rings. The standard InChI is InChI=1S/C29H35IN2O7/c1-4-5-26(35)32(16-19-8-6-18(2)7-9-19)23-14-21(29(37)31-10-11-33)15-24(27(23)36)39-28-22(30)12-20(17-34)13-25(28)38-3/h6-9,12-13,15,17,23-24,27,33,36H,4-5,10-11,14,16H2,1-3H3,(H,31,37)/t23-,24+,27+/m1/s1. The van der Waals surface area contributed by atoms with Crippen LogP contribution in [0.3, 0.4) is 0 Å². The predicted molar refractivity (Wildman–Crippen MR) is 155 cm³/mol. The zero-order valence-corrected chi connectivity index (χ0v) is 24.5. The van der Waals surface area contributed by atoms with Gasteiger partial charge in [-0.3, -0.25) is 14.4 Å².